The average Bonchev–Trinajstić information content (AvgIpc) is 2.57. The molecule has 25 heavy (non-hydrogen) atoms. The number of aldehydes is 1. The topological polar surface area (TPSA) is 126 Å². The van der Waals surface area contributed by atoms with Gasteiger partial charge in [0.15, 0.2) is 17.8 Å². The van der Waals surface area contributed by atoms with Crippen LogP contribution in [-0.4, -0.2) is 28.7 Å². The Morgan fingerprint density at radius 3 is 2.56 bits per heavy atom. The predicted octanol–water partition coefficient (Wildman–Crippen LogP) is 1.96. The molecule has 1 aromatic heterocycles. The molecule has 3 rings (SSSR count). The molecule has 0 fully saturated rings. The van der Waals surface area contributed by atoms with Gasteiger partial charge in [-0.15, -0.1) is 0 Å². The van der Waals surface area contributed by atoms with E-state index in [1.54, 1.807) is 13.0 Å². The quantitative estimate of drug-likeness (QED) is 0.568. The number of phenols is 2. The highest BCUT2D eigenvalue weighted by molar-refractivity contribution is 5.94. The maximum Gasteiger partial charge on any atom is 0.348 e. The van der Waals surface area contributed by atoms with Crippen molar-refractivity contribution in [3.8, 4) is 34.1 Å². The Bertz CT molecular complexity index is 954. The van der Waals surface area contributed by atoms with Crippen molar-refractivity contribution in [1.29, 1.82) is 0 Å². The van der Waals surface area contributed by atoms with E-state index in [1.165, 1.54) is 19.3 Å². The van der Waals surface area contributed by atoms with Gasteiger partial charge in [-0.3, -0.25) is 4.79 Å². The van der Waals surface area contributed by atoms with Crippen molar-refractivity contribution in [2.45, 2.75) is 13.2 Å². The van der Waals surface area contributed by atoms with E-state index in [2.05, 4.69) is 0 Å². The molecule has 8 nitrogen and oxygen atoms in total. The summed E-state index contributed by atoms with van der Waals surface area (Å²) in [6.07, 6.45) is 1.80. The van der Waals surface area contributed by atoms with Crippen LogP contribution < -0.4 is 15.1 Å². The summed E-state index contributed by atoms with van der Waals surface area (Å²) in [7, 11) is 1.18. The van der Waals surface area contributed by atoms with Crippen molar-refractivity contribution in [1.82, 2.24) is 0 Å². The number of aliphatic hydroxyl groups is 1. The maximum absolute atomic E-state index is 12.4. The van der Waals surface area contributed by atoms with Gasteiger partial charge in [-0.25, -0.2) is 4.79 Å². The van der Waals surface area contributed by atoms with Crippen LogP contribution in [0.25, 0.3) is 17.2 Å². The van der Waals surface area contributed by atoms with Gasteiger partial charge in [0.05, 0.1) is 12.7 Å². The summed E-state index contributed by atoms with van der Waals surface area (Å²) in [4.78, 5) is 23.8. The lowest BCUT2D eigenvalue weighted by Crippen LogP contribution is -2.21. The number of ether oxygens (including phenoxy) is 2. The van der Waals surface area contributed by atoms with Crippen LogP contribution in [0.4, 0.5) is 0 Å². The highest BCUT2D eigenvalue weighted by Crippen LogP contribution is 2.53. The van der Waals surface area contributed by atoms with Crippen molar-refractivity contribution < 1.29 is 34.0 Å². The lowest BCUT2D eigenvalue weighted by molar-refractivity contribution is -0.0226. The molecule has 0 spiro atoms. The summed E-state index contributed by atoms with van der Waals surface area (Å²) in [5.41, 5.74) is -1.76. The van der Waals surface area contributed by atoms with Crippen LogP contribution in [0.5, 0.6) is 23.0 Å². The number of phenolic OH excluding ortho intramolecular Hbond substituents is 2. The highest BCUT2D eigenvalue weighted by Gasteiger charge is 2.37. The van der Waals surface area contributed by atoms with Crippen molar-refractivity contribution in [3.05, 3.63) is 39.4 Å². The second kappa shape index (κ2) is 5.99. The second-order valence-corrected chi connectivity index (χ2v) is 5.20. The smallest absolute Gasteiger partial charge is 0.348 e. The molecular formula is C17H14O8. The lowest BCUT2D eigenvalue weighted by Gasteiger charge is -2.27. The fraction of sp³-hybridized carbons (Fsp3) is 0.176. The first-order valence-electron chi connectivity index (χ1n) is 7.21. The molecule has 0 unspecified atom stereocenters. The predicted molar refractivity (Wildman–Crippen MR) is 86.0 cm³/mol. The van der Waals surface area contributed by atoms with Gasteiger partial charge in [0, 0.05) is 17.2 Å². The molecule has 0 radical (unpaired) electrons. The Labute approximate surface area is 141 Å². The van der Waals surface area contributed by atoms with E-state index in [9.17, 15) is 24.9 Å². The number of allylic oxidation sites excluding steroid dienone is 1. The molecule has 1 aliphatic heterocycles. The summed E-state index contributed by atoms with van der Waals surface area (Å²) in [6.45, 7) is 1.72. The lowest BCUT2D eigenvalue weighted by atomic mass is 9.91. The zero-order valence-corrected chi connectivity index (χ0v) is 13.3. The van der Waals surface area contributed by atoms with Gasteiger partial charge in [-0.1, -0.05) is 6.08 Å². The molecule has 0 aliphatic carbocycles. The molecular weight excluding hydrogens is 332 g/mol. The van der Waals surface area contributed by atoms with Crippen LogP contribution in [0.2, 0.25) is 0 Å². The number of aliphatic hydroxyl groups excluding tert-OH is 1. The van der Waals surface area contributed by atoms with Crippen LogP contribution in [-0.2, 0) is 0 Å². The van der Waals surface area contributed by atoms with E-state index >= 15 is 0 Å². The standard InChI is InChI=1S/C17H14O8/c1-3-4-7-5-9-11(17(22)24-7)12-10(16(21)25-9)8(6-18)15(23-2)14(20)13(12)19/h3-6,16,19-21H,1-2H3/t16-/m1/s1. The molecule has 2 heterocycles. The Hall–Kier alpha value is -3.26. The molecule has 1 aromatic carbocycles. The number of hydrogen-bond donors (Lipinski definition) is 3. The average molecular weight is 346 g/mol. The van der Waals surface area contributed by atoms with Crippen molar-refractivity contribution in [2.75, 3.05) is 7.11 Å². The zero-order valence-electron chi connectivity index (χ0n) is 13.3. The molecule has 8 heteroatoms. The summed E-state index contributed by atoms with van der Waals surface area (Å²) >= 11 is 0. The minimum atomic E-state index is -1.66. The van der Waals surface area contributed by atoms with Crippen molar-refractivity contribution in [2.24, 2.45) is 0 Å². The highest BCUT2D eigenvalue weighted by atomic mass is 16.6. The van der Waals surface area contributed by atoms with Crippen molar-refractivity contribution in [3.63, 3.8) is 0 Å². The monoisotopic (exact) mass is 346 g/mol. The fourth-order valence-corrected chi connectivity index (χ4v) is 2.80. The Morgan fingerprint density at radius 1 is 1.24 bits per heavy atom. The number of hydrogen-bond acceptors (Lipinski definition) is 8. The Morgan fingerprint density at radius 2 is 1.96 bits per heavy atom. The van der Waals surface area contributed by atoms with E-state index in [-0.39, 0.29) is 39.5 Å². The molecule has 1 atom stereocenters. The Kier molecular flexibility index (Phi) is 3.97. The summed E-state index contributed by atoms with van der Waals surface area (Å²) < 4.78 is 15.3. The van der Waals surface area contributed by atoms with Gasteiger partial charge in [0.25, 0.3) is 0 Å². The first-order valence-corrected chi connectivity index (χ1v) is 7.21. The number of carbonyl (C=O) groups excluding carboxylic acids is 1. The largest absolute Gasteiger partial charge is 0.504 e. The van der Waals surface area contributed by atoms with Gasteiger partial charge in [-0.05, 0) is 13.0 Å². The minimum Gasteiger partial charge on any atom is -0.504 e. The third-order valence-corrected chi connectivity index (χ3v) is 3.80. The summed E-state index contributed by atoms with van der Waals surface area (Å²) in [6, 6.07) is 1.35. The van der Waals surface area contributed by atoms with E-state index in [1.807, 2.05) is 0 Å². The summed E-state index contributed by atoms with van der Waals surface area (Å²) in [5, 5.41) is 30.7. The fourth-order valence-electron chi connectivity index (χ4n) is 2.80. The van der Waals surface area contributed by atoms with Crippen LogP contribution in [0.15, 0.2) is 21.4 Å². The molecule has 0 saturated carbocycles. The molecule has 1 aliphatic rings. The molecule has 0 bridgehead atoms. The van der Waals surface area contributed by atoms with E-state index in [4.69, 9.17) is 13.9 Å². The van der Waals surface area contributed by atoms with Gasteiger partial charge < -0.3 is 29.2 Å². The van der Waals surface area contributed by atoms with Crippen molar-refractivity contribution >= 4 is 12.4 Å². The zero-order chi connectivity index (χ0) is 18.3. The van der Waals surface area contributed by atoms with E-state index in [0.29, 0.717) is 6.29 Å². The van der Waals surface area contributed by atoms with Gasteiger partial charge in [0.2, 0.25) is 12.0 Å². The normalized spacial score (nSPS) is 15.4. The molecule has 3 N–H and O–H groups in total. The first-order chi connectivity index (χ1) is 11.9. The number of carbonyl (C=O) groups is 1. The second-order valence-electron chi connectivity index (χ2n) is 5.20. The van der Waals surface area contributed by atoms with Crippen LogP contribution in [0.3, 0.4) is 0 Å². The maximum atomic E-state index is 12.4. The number of fused-ring (bicyclic) bond motifs is 3. The number of benzene rings is 1. The molecule has 0 saturated heterocycles. The Balaban J connectivity index is 2.45. The van der Waals surface area contributed by atoms with Gasteiger partial charge >= 0.3 is 5.63 Å². The number of rotatable bonds is 3. The van der Waals surface area contributed by atoms with E-state index < -0.39 is 23.4 Å². The van der Waals surface area contributed by atoms with Crippen LogP contribution in [0, 0.1) is 0 Å². The molecule has 0 amide bonds. The number of aromatic hydroxyl groups is 2. The first kappa shape index (κ1) is 16.6. The third-order valence-electron chi connectivity index (χ3n) is 3.80. The minimum absolute atomic E-state index is 0.0546. The third kappa shape index (κ3) is 2.34. The molecule has 2 aromatic rings. The van der Waals surface area contributed by atoms with Crippen LogP contribution >= 0.6 is 0 Å². The van der Waals surface area contributed by atoms with Gasteiger partial charge in [-0.2, -0.15) is 0 Å². The van der Waals surface area contributed by atoms with E-state index in [0.717, 1.165) is 0 Å². The van der Waals surface area contributed by atoms with Crippen LogP contribution in [0.1, 0.15) is 34.9 Å². The van der Waals surface area contributed by atoms with Gasteiger partial charge in [0.1, 0.15) is 17.1 Å². The summed E-state index contributed by atoms with van der Waals surface area (Å²) in [5.74, 6) is -1.68. The number of methoxy groups -OCH3 is 1. The molecule has 130 valence electrons. The SMILES string of the molecule is CC=Cc1cc2c(c(=O)o1)-c1c(O)c(O)c(OC)c(C=O)c1[C@H](O)O2.